The Hall–Kier alpha value is -1.75. The number of hydrogen-bond acceptors (Lipinski definition) is 4. The van der Waals surface area contributed by atoms with Crippen LogP contribution >= 0.6 is 0 Å². The Morgan fingerprint density at radius 1 is 1.41 bits per heavy atom. The van der Waals surface area contributed by atoms with Gasteiger partial charge >= 0.3 is 5.97 Å². The summed E-state index contributed by atoms with van der Waals surface area (Å²) in [5.74, 6) is -0.0385. The van der Waals surface area contributed by atoms with Gasteiger partial charge in [0.1, 0.15) is 0 Å². The first-order chi connectivity index (χ1) is 8.13. The van der Waals surface area contributed by atoms with Crippen LogP contribution in [-0.4, -0.2) is 31.8 Å². The average Bonchev–Trinajstić information content (AvgIpc) is 2.34. The molecule has 0 aliphatic rings. The zero-order chi connectivity index (χ0) is 12.8. The highest BCUT2D eigenvalue weighted by molar-refractivity contribution is 5.68. The molecular weight excluding hydrogens is 222 g/mol. The van der Waals surface area contributed by atoms with Crippen molar-refractivity contribution in [2.24, 2.45) is 5.73 Å². The molecule has 0 fully saturated rings. The van der Waals surface area contributed by atoms with Gasteiger partial charge in [0.15, 0.2) is 11.5 Å². The van der Waals surface area contributed by atoms with Gasteiger partial charge in [-0.1, -0.05) is 12.1 Å². The molecule has 1 aromatic rings. The fourth-order valence-electron chi connectivity index (χ4n) is 1.76. The minimum Gasteiger partial charge on any atom is -0.493 e. The molecule has 17 heavy (non-hydrogen) atoms. The molecular formula is C12H17NO4. The molecule has 0 spiro atoms. The Morgan fingerprint density at radius 3 is 2.59 bits per heavy atom. The Kier molecular flexibility index (Phi) is 4.78. The first-order valence-corrected chi connectivity index (χ1v) is 5.26. The van der Waals surface area contributed by atoms with Gasteiger partial charge in [0.25, 0.3) is 0 Å². The maximum absolute atomic E-state index is 10.8. The molecule has 1 aromatic carbocycles. The number of ether oxygens (including phenoxy) is 2. The van der Waals surface area contributed by atoms with Crippen molar-refractivity contribution in [2.45, 2.75) is 12.3 Å². The number of nitrogens with two attached hydrogens (primary N) is 1. The molecule has 0 saturated heterocycles. The van der Waals surface area contributed by atoms with Crippen LogP contribution in [0.2, 0.25) is 0 Å². The second-order valence-corrected chi connectivity index (χ2v) is 3.61. The number of para-hydroxylation sites is 1. The fourth-order valence-corrected chi connectivity index (χ4v) is 1.76. The van der Waals surface area contributed by atoms with E-state index < -0.39 is 5.97 Å². The standard InChI is InChI=1S/C12H17NO4/c1-16-10-5-3-4-9(12(10)17-2)8(7-13)6-11(14)15/h3-5,8H,6-7,13H2,1-2H3,(H,14,15). The molecule has 0 heterocycles. The Morgan fingerprint density at radius 2 is 2.12 bits per heavy atom. The number of carboxylic acids is 1. The van der Waals surface area contributed by atoms with Crippen LogP contribution in [0.5, 0.6) is 11.5 Å². The van der Waals surface area contributed by atoms with E-state index >= 15 is 0 Å². The highest BCUT2D eigenvalue weighted by Crippen LogP contribution is 2.36. The minimum absolute atomic E-state index is 0.0278. The summed E-state index contributed by atoms with van der Waals surface area (Å²) in [5, 5.41) is 8.84. The monoisotopic (exact) mass is 239 g/mol. The Bertz CT molecular complexity index is 392. The van der Waals surface area contributed by atoms with Crippen LogP contribution in [0.25, 0.3) is 0 Å². The summed E-state index contributed by atoms with van der Waals surface area (Å²) in [5.41, 5.74) is 6.37. The van der Waals surface area contributed by atoms with Crippen LogP contribution in [0.3, 0.4) is 0 Å². The Balaban J connectivity index is 3.13. The summed E-state index contributed by atoms with van der Waals surface area (Å²) in [6, 6.07) is 5.36. The molecule has 0 aliphatic heterocycles. The highest BCUT2D eigenvalue weighted by atomic mass is 16.5. The van der Waals surface area contributed by atoms with Gasteiger partial charge in [-0.05, 0) is 12.6 Å². The molecule has 1 rings (SSSR count). The fraction of sp³-hybridized carbons (Fsp3) is 0.417. The van der Waals surface area contributed by atoms with E-state index in [0.29, 0.717) is 11.5 Å². The summed E-state index contributed by atoms with van der Waals surface area (Å²) in [4.78, 5) is 10.8. The van der Waals surface area contributed by atoms with Gasteiger partial charge < -0.3 is 20.3 Å². The first-order valence-electron chi connectivity index (χ1n) is 5.26. The van der Waals surface area contributed by atoms with Crippen molar-refractivity contribution in [3.63, 3.8) is 0 Å². The van der Waals surface area contributed by atoms with E-state index in [2.05, 4.69) is 0 Å². The summed E-state index contributed by atoms with van der Waals surface area (Å²) in [6.45, 7) is 0.246. The van der Waals surface area contributed by atoms with E-state index in [1.165, 1.54) is 14.2 Å². The third-order valence-corrected chi connectivity index (χ3v) is 2.58. The molecule has 0 aromatic heterocycles. The lowest BCUT2D eigenvalue weighted by atomic mass is 9.94. The van der Waals surface area contributed by atoms with Gasteiger partial charge in [-0.25, -0.2) is 0 Å². The van der Waals surface area contributed by atoms with Gasteiger partial charge in [-0.3, -0.25) is 4.79 Å². The van der Waals surface area contributed by atoms with Crippen LogP contribution in [0.15, 0.2) is 18.2 Å². The van der Waals surface area contributed by atoms with Crippen LogP contribution in [0, 0.1) is 0 Å². The zero-order valence-electron chi connectivity index (χ0n) is 9.97. The number of hydrogen-bond donors (Lipinski definition) is 2. The third-order valence-electron chi connectivity index (χ3n) is 2.58. The summed E-state index contributed by atoms with van der Waals surface area (Å²) < 4.78 is 10.4. The molecule has 0 saturated carbocycles. The topological polar surface area (TPSA) is 81.8 Å². The van der Waals surface area contributed by atoms with Crippen LogP contribution in [0.1, 0.15) is 17.9 Å². The van der Waals surface area contributed by atoms with E-state index in [4.69, 9.17) is 20.3 Å². The van der Waals surface area contributed by atoms with Gasteiger partial charge in [0.2, 0.25) is 0 Å². The van der Waals surface area contributed by atoms with E-state index in [0.717, 1.165) is 5.56 Å². The largest absolute Gasteiger partial charge is 0.493 e. The van der Waals surface area contributed by atoms with Crippen LogP contribution in [-0.2, 0) is 4.79 Å². The van der Waals surface area contributed by atoms with Crippen molar-refractivity contribution in [1.82, 2.24) is 0 Å². The molecule has 1 atom stereocenters. The van der Waals surface area contributed by atoms with Gasteiger partial charge in [0, 0.05) is 11.5 Å². The molecule has 0 bridgehead atoms. The molecule has 1 unspecified atom stereocenters. The minimum atomic E-state index is -0.884. The summed E-state index contributed by atoms with van der Waals surface area (Å²) in [6.07, 6.45) is -0.0278. The highest BCUT2D eigenvalue weighted by Gasteiger charge is 2.20. The number of aliphatic carboxylic acids is 1. The second-order valence-electron chi connectivity index (χ2n) is 3.61. The maximum atomic E-state index is 10.8. The third kappa shape index (κ3) is 3.10. The Labute approximate surface area is 100 Å². The van der Waals surface area contributed by atoms with Crippen LogP contribution in [0.4, 0.5) is 0 Å². The van der Waals surface area contributed by atoms with E-state index in [1.54, 1.807) is 12.1 Å². The molecule has 3 N–H and O–H groups in total. The first kappa shape index (κ1) is 13.3. The lowest BCUT2D eigenvalue weighted by molar-refractivity contribution is -0.137. The predicted molar refractivity (Wildman–Crippen MR) is 63.6 cm³/mol. The lowest BCUT2D eigenvalue weighted by Gasteiger charge is -2.18. The molecule has 5 heteroatoms. The van der Waals surface area contributed by atoms with Gasteiger partial charge in [-0.15, -0.1) is 0 Å². The normalized spacial score (nSPS) is 11.9. The van der Waals surface area contributed by atoms with Crippen molar-refractivity contribution in [3.05, 3.63) is 23.8 Å². The average molecular weight is 239 g/mol. The van der Waals surface area contributed by atoms with E-state index in [1.807, 2.05) is 6.07 Å². The van der Waals surface area contributed by atoms with Crippen LogP contribution < -0.4 is 15.2 Å². The lowest BCUT2D eigenvalue weighted by Crippen LogP contribution is -2.17. The van der Waals surface area contributed by atoms with Gasteiger partial charge in [0.05, 0.1) is 20.6 Å². The number of benzene rings is 1. The van der Waals surface area contributed by atoms with Crippen molar-refractivity contribution >= 4 is 5.97 Å². The smallest absolute Gasteiger partial charge is 0.304 e. The number of methoxy groups -OCH3 is 2. The quantitative estimate of drug-likeness (QED) is 0.780. The van der Waals surface area contributed by atoms with E-state index in [-0.39, 0.29) is 18.9 Å². The van der Waals surface area contributed by atoms with Crippen molar-refractivity contribution in [2.75, 3.05) is 20.8 Å². The molecule has 0 radical (unpaired) electrons. The summed E-state index contributed by atoms with van der Waals surface area (Å²) >= 11 is 0. The molecule has 5 nitrogen and oxygen atoms in total. The summed E-state index contributed by atoms with van der Waals surface area (Å²) in [7, 11) is 3.06. The van der Waals surface area contributed by atoms with Crippen molar-refractivity contribution in [1.29, 1.82) is 0 Å². The van der Waals surface area contributed by atoms with Crippen molar-refractivity contribution in [3.8, 4) is 11.5 Å². The second kappa shape index (κ2) is 6.10. The molecule has 0 amide bonds. The molecule has 0 aliphatic carbocycles. The predicted octanol–water partition coefficient (Wildman–Crippen LogP) is 1.22. The number of carbonyl (C=O) groups is 1. The number of carboxylic acid groups (broad SMARTS) is 1. The van der Waals surface area contributed by atoms with Crippen molar-refractivity contribution < 1.29 is 19.4 Å². The molecule has 94 valence electrons. The maximum Gasteiger partial charge on any atom is 0.304 e. The zero-order valence-corrected chi connectivity index (χ0v) is 9.97. The van der Waals surface area contributed by atoms with Gasteiger partial charge in [-0.2, -0.15) is 0 Å². The van der Waals surface area contributed by atoms with E-state index in [9.17, 15) is 4.79 Å². The SMILES string of the molecule is COc1cccc(C(CN)CC(=O)O)c1OC. The number of rotatable bonds is 6.